The number of ether oxygens (including phenoxy) is 2. The molecule has 2 aromatic carbocycles. The molecule has 1 N–H and O–H groups in total. The number of amides is 1. The van der Waals surface area contributed by atoms with Crippen LogP contribution in [0.25, 0.3) is 21.5 Å². The fourth-order valence-corrected chi connectivity index (χ4v) is 4.71. The molecule has 1 unspecified atom stereocenters. The molecule has 182 valence electrons. The summed E-state index contributed by atoms with van der Waals surface area (Å²) >= 11 is 1.43. The van der Waals surface area contributed by atoms with Crippen LogP contribution >= 0.6 is 11.3 Å². The van der Waals surface area contributed by atoms with Crippen molar-refractivity contribution in [2.24, 2.45) is 0 Å². The molecule has 1 atom stereocenters. The number of carbonyl (C=O) groups excluding carboxylic acids is 1. The Morgan fingerprint density at radius 2 is 1.91 bits per heavy atom. The number of hydrogen-bond acceptors (Lipinski definition) is 6. The van der Waals surface area contributed by atoms with Gasteiger partial charge in [0.15, 0.2) is 5.13 Å². The van der Waals surface area contributed by atoms with Crippen molar-refractivity contribution in [3.8, 4) is 11.3 Å². The number of anilines is 1. The Balaban J connectivity index is 1.44. The van der Waals surface area contributed by atoms with Gasteiger partial charge in [0, 0.05) is 37.0 Å². The van der Waals surface area contributed by atoms with Crippen molar-refractivity contribution >= 4 is 32.6 Å². The molecule has 0 saturated carbocycles. The van der Waals surface area contributed by atoms with Crippen molar-refractivity contribution in [3.63, 3.8) is 0 Å². The molecule has 4 rings (SSSR count). The van der Waals surface area contributed by atoms with Gasteiger partial charge in [-0.25, -0.2) is 9.37 Å². The number of aryl methyl sites for hydroxylation is 1. The number of benzene rings is 2. The minimum atomic E-state index is -0.420. The van der Waals surface area contributed by atoms with E-state index in [9.17, 15) is 9.18 Å². The summed E-state index contributed by atoms with van der Waals surface area (Å²) in [5, 5.41) is 3.38. The molecule has 0 spiro atoms. The third kappa shape index (κ3) is 6.28. The van der Waals surface area contributed by atoms with Crippen LogP contribution in [0.15, 0.2) is 54.7 Å². The fraction of sp³-hybridized carbons (Fsp3) is 0.296. The lowest BCUT2D eigenvalue weighted by Crippen LogP contribution is -2.23. The predicted molar refractivity (Wildman–Crippen MR) is 138 cm³/mol. The van der Waals surface area contributed by atoms with Gasteiger partial charge in [-0.2, -0.15) is 0 Å². The molecule has 0 fully saturated rings. The molecule has 4 aromatic rings. The van der Waals surface area contributed by atoms with E-state index in [-0.39, 0.29) is 17.7 Å². The number of nitrogens with one attached hydrogen (secondary N) is 1. The first-order valence-corrected chi connectivity index (χ1v) is 12.4. The Kier molecular flexibility index (Phi) is 8.17. The highest BCUT2D eigenvalue weighted by molar-refractivity contribution is 7.22. The van der Waals surface area contributed by atoms with Gasteiger partial charge in [-0.3, -0.25) is 15.1 Å². The standard InChI is InChI=1S/C27H28FN3O3S/c1-4-33-16-21(34-5-2)13-18-14-22(28)25(29-15-18)19-7-9-20(10-8-19)26(32)31-27-30-23-11-6-17(3)12-24(23)35-27/h6-12,14-15,21H,4-5,13,16H2,1-3H3,(H,30,31,32). The van der Waals surface area contributed by atoms with E-state index >= 15 is 0 Å². The lowest BCUT2D eigenvalue weighted by atomic mass is 10.1. The van der Waals surface area contributed by atoms with Gasteiger partial charge in [0.25, 0.3) is 5.91 Å². The van der Waals surface area contributed by atoms with Crippen molar-refractivity contribution in [1.82, 2.24) is 9.97 Å². The molecule has 0 bridgehead atoms. The summed E-state index contributed by atoms with van der Waals surface area (Å²) in [6, 6.07) is 14.2. The summed E-state index contributed by atoms with van der Waals surface area (Å²) in [5.74, 6) is -0.691. The number of halogens is 1. The van der Waals surface area contributed by atoms with Crippen LogP contribution in [0.3, 0.4) is 0 Å². The lowest BCUT2D eigenvalue weighted by Gasteiger charge is -2.17. The van der Waals surface area contributed by atoms with Crippen molar-refractivity contribution in [2.45, 2.75) is 33.3 Å². The molecule has 2 aromatic heterocycles. The second-order valence-corrected chi connectivity index (χ2v) is 9.17. The molecule has 0 radical (unpaired) electrons. The molecule has 6 nitrogen and oxygen atoms in total. The second-order valence-electron chi connectivity index (χ2n) is 8.14. The van der Waals surface area contributed by atoms with E-state index in [1.165, 1.54) is 17.4 Å². The number of pyridine rings is 1. The van der Waals surface area contributed by atoms with Crippen LogP contribution in [0.4, 0.5) is 9.52 Å². The Labute approximate surface area is 208 Å². The van der Waals surface area contributed by atoms with Crippen molar-refractivity contribution < 1.29 is 18.7 Å². The van der Waals surface area contributed by atoms with Crippen LogP contribution in [-0.4, -0.2) is 41.8 Å². The van der Waals surface area contributed by atoms with Gasteiger partial charge in [0.1, 0.15) is 11.5 Å². The lowest BCUT2D eigenvalue weighted by molar-refractivity contribution is -0.00774. The number of rotatable bonds is 10. The number of carbonyl (C=O) groups is 1. The molecular formula is C27H28FN3O3S. The van der Waals surface area contributed by atoms with E-state index < -0.39 is 5.82 Å². The maximum absolute atomic E-state index is 14.9. The molecule has 2 heterocycles. The quantitative estimate of drug-likeness (QED) is 0.291. The number of hydrogen-bond donors (Lipinski definition) is 1. The molecule has 0 aliphatic carbocycles. The van der Waals surface area contributed by atoms with Gasteiger partial charge in [0.2, 0.25) is 0 Å². The third-order valence-corrected chi connectivity index (χ3v) is 6.39. The minimum absolute atomic E-state index is 0.149. The zero-order valence-corrected chi connectivity index (χ0v) is 20.8. The van der Waals surface area contributed by atoms with Crippen LogP contribution in [-0.2, 0) is 15.9 Å². The zero-order valence-electron chi connectivity index (χ0n) is 20.0. The van der Waals surface area contributed by atoms with Gasteiger partial charge in [-0.15, -0.1) is 0 Å². The molecular weight excluding hydrogens is 465 g/mol. The summed E-state index contributed by atoms with van der Waals surface area (Å²) in [5.41, 5.74) is 4.02. The Hall–Kier alpha value is -3.20. The van der Waals surface area contributed by atoms with E-state index in [0.717, 1.165) is 21.3 Å². The minimum Gasteiger partial charge on any atom is -0.379 e. The number of thiazole rings is 1. The van der Waals surface area contributed by atoms with Gasteiger partial charge in [-0.1, -0.05) is 29.5 Å². The second kappa shape index (κ2) is 11.5. The Bertz CT molecular complexity index is 1310. The molecule has 1 amide bonds. The first kappa shape index (κ1) is 24.9. The zero-order chi connectivity index (χ0) is 24.8. The summed E-state index contributed by atoms with van der Waals surface area (Å²) in [7, 11) is 0. The molecule has 35 heavy (non-hydrogen) atoms. The smallest absolute Gasteiger partial charge is 0.257 e. The van der Waals surface area contributed by atoms with Crippen LogP contribution in [0, 0.1) is 12.7 Å². The number of fused-ring (bicyclic) bond motifs is 1. The maximum atomic E-state index is 14.9. The Morgan fingerprint density at radius 1 is 1.11 bits per heavy atom. The number of nitrogens with zero attached hydrogens (tertiary/aromatic N) is 2. The van der Waals surface area contributed by atoms with Gasteiger partial charge in [-0.05, 0) is 62.2 Å². The van der Waals surface area contributed by atoms with Gasteiger partial charge >= 0.3 is 0 Å². The van der Waals surface area contributed by atoms with Crippen LogP contribution in [0.2, 0.25) is 0 Å². The van der Waals surface area contributed by atoms with Crippen LogP contribution in [0.5, 0.6) is 0 Å². The monoisotopic (exact) mass is 493 g/mol. The molecule has 0 saturated heterocycles. The summed E-state index contributed by atoms with van der Waals surface area (Å²) in [4.78, 5) is 21.5. The number of aromatic nitrogens is 2. The largest absolute Gasteiger partial charge is 0.379 e. The van der Waals surface area contributed by atoms with E-state index in [0.29, 0.717) is 42.5 Å². The van der Waals surface area contributed by atoms with E-state index in [1.54, 1.807) is 30.5 Å². The SMILES string of the molecule is CCOCC(Cc1cnc(-c2ccc(C(=O)Nc3nc4ccc(C)cc4s3)cc2)c(F)c1)OCC. The highest BCUT2D eigenvalue weighted by Gasteiger charge is 2.15. The first-order valence-electron chi connectivity index (χ1n) is 11.6. The molecule has 0 aliphatic heterocycles. The van der Waals surface area contributed by atoms with Crippen molar-refractivity contribution in [1.29, 1.82) is 0 Å². The molecule has 0 aliphatic rings. The van der Waals surface area contributed by atoms with Gasteiger partial charge < -0.3 is 9.47 Å². The summed E-state index contributed by atoms with van der Waals surface area (Å²) in [6.07, 6.45) is 2.03. The van der Waals surface area contributed by atoms with E-state index in [4.69, 9.17) is 9.47 Å². The average Bonchev–Trinajstić information content (AvgIpc) is 3.24. The highest BCUT2D eigenvalue weighted by atomic mass is 32.1. The predicted octanol–water partition coefficient (Wildman–Crippen LogP) is 6.04. The van der Waals surface area contributed by atoms with Crippen molar-refractivity contribution in [3.05, 3.63) is 77.2 Å². The summed E-state index contributed by atoms with van der Waals surface area (Å²) < 4.78 is 27.0. The average molecular weight is 494 g/mol. The van der Waals surface area contributed by atoms with Crippen LogP contribution in [0.1, 0.15) is 35.3 Å². The van der Waals surface area contributed by atoms with Crippen LogP contribution < -0.4 is 5.32 Å². The topological polar surface area (TPSA) is 73.3 Å². The molecule has 8 heteroatoms. The van der Waals surface area contributed by atoms with Crippen molar-refractivity contribution in [2.75, 3.05) is 25.1 Å². The summed E-state index contributed by atoms with van der Waals surface area (Å²) in [6.45, 7) is 7.48. The Morgan fingerprint density at radius 3 is 2.63 bits per heavy atom. The highest BCUT2D eigenvalue weighted by Crippen LogP contribution is 2.27. The third-order valence-electron chi connectivity index (χ3n) is 5.46. The first-order chi connectivity index (χ1) is 17.0. The van der Waals surface area contributed by atoms with E-state index in [1.807, 2.05) is 39.0 Å². The van der Waals surface area contributed by atoms with Gasteiger partial charge in [0.05, 0.1) is 22.9 Å². The maximum Gasteiger partial charge on any atom is 0.257 e. The fourth-order valence-electron chi connectivity index (χ4n) is 3.75. The van der Waals surface area contributed by atoms with E-state index in [2.05, 4.69) is 15.3 Å². The normalized spacial score (nSPS) is 12.1.